The van der Waals surface area contributed by atoms with Crippen molar-refractivity contribution in [2.75, 3.05) is 0 Å². The van der Waals surface area contributed by atoms with Crippen LogP contribution in [0.25, 0.3) is 0 Å². The molecule has 0 aliphatic carbocycles. The van der Waals surface area contributed by atoms with E-state index in [9.17, 15) is 19.8 Å². The number of aromatic carboxylic acids is 2. The molecule has 0 N–H and O–H groups in total. The molecule has 0 bridgehead atoms. The van der Waals surface area contributed by atoms with E-state index in [2.05, 4.69) is 182 Å². The molecule has 276 valence electrons. The molecule has 4 nitrogen and oxygen atoms in total. The van der Waals surface area contributed by atoms with Crippen molar-refractivity contribution in [1.82, 2.24) is 0 Å². The van der Waals surface area contributed by atoms with Crippen LogP contribution in [0.4, 0.5) is 0 Å². The molecule has 0 aliphatic rings. The average molecular weight is 769 g/mol. The van der Waals surface area contributed by atoms with Crippen LogP contribution in [0.2, 0.25) is 0 Å². The second kappa shape index (κ2) is 22.6. The van der Waals surface area contributed by atoms with Gasteiger partial charge in [0.25, 0.3) is 0 Å². The summed E-state index contributed by atoms with van der Waals surface area (Å²) in [4.78, 5) is 28.3. The predicted molar refractivity (Wildman–Crippen MR) is 225 cm³/mol. The van der Waals surface area contributed by atoms with E-state index in [0.29, 0.717) is 0 Å². The van der Waals surface area contributed by atoms with Gasteiger partial charge < -0.3 is 19.8 Å². The maximum Gasteiger partial charge on any atom is 0.166 e. The number of carbonyl (C=O) groups excluding carboxylic acids is 2. The largest absolute Gasteiger partial charge is 0.545 e. The molecule has 0 aliphatic heterocycles. The minimum absolute atomic E-state index is 0.0146. The second-order valence-electron chi connectivity index (χ2n) is 11.8. The molecule has 6 heteroatoms. The molecule has 0 aromatic heterocycles. The fraction of sp³-hybridized carbons (Fsp3) is 0. The van der Waals surface area contributed by atoms with Crippen molar-refractivity contribution in [2.24, 2.45) is 0 Å². The van der Waals surface area contributed by atoms with E-state index in [1.54, 1.807) is 36.4 Å². The third-order valence-corrected chi connectivity index (χ3v) is 12.4. The zero-order valence-corrected chi connectivity index (χ0v) is 32.2. The Morgan fingerprint density at radius 2 is 0.393 bits per heavy atom. The van der Waals surface area contributed by atoms with Crippen LogP contribution in [0.5, 0.6) is 0 Å². The van der Waals surface area contributed by atoms with Gasteiger partial charge in [0.2, 0.25) is 0 Å². The van der Waals surface area contributed by atoms with Crippen LogP contribution in [-0.2, 0) is 21.8 Å². The zero-order valence-electron chi connectivity index (χ0n) is 30.5. The topological polar surface area (TPSA) is 80.3 Å². The van der Waals surface area contributed by atoms with Crippen molar-refractivity contribution in [3.8, 4) is 0 Å². The van der Waals surface area contributed by atoms with Crippen LogP contribution < -0.4 is 10.2 Å². The lowest BCUT2D eigenvalue weighted by Crippen LogP contribution is -2.21. The highest BCUT2D eigenvalue weighted by Gasteiger charge is 2.28. The number of carbonyl (C=O) groups is 2. The van der Waals surface area contributed by atoms with Gasteiger partial charge in [0.15, 0.2) is 29.4 Å². The molecule has 0 fully saturated rings. The Labute approximate surface area is 335 Å². The fourth-order valence-corrected chi connectivity index (χ4v) is 9.51. The van der Waals surface area contributed by atoms with Crippen LogP contribution in [0.15, 0.2) is 272 Å². The molecule has 0 saturated carbocycles. The van der Waals surface area contributed by atoms with E-state index in [1.165, 1.54) is 53.6 Å². The Balaban J connectivity index is 0.000000152. The number of carboxylic acids is 2. The second-order valence-corrected chi connectivity index (χ2v) is 15.9. The lowest BCUT2D eigenvalue weighted by atomic mass is 10.2. The summed E-state index contributed by atoms with van der Waals surface area (Å²) in [5.74, 6) is -2.26. The van der Waals surface area contributed by atoms with Crippen molar-refractivity contribution in [2.45, 2.75) is 29.4 Å². The van der Waals surface area contributed by atoms with Crippen LogP contribution in [0.1, 0.15) is 20.7 Å². The number of benzene rings is 8. The minimum Gasteiger partial charge on any atom is -0.545 e. The number of hydrogen-bond donors (Lipinski definition) is 0. The van der Waals surface area contributed by atoms with Gasteiger partial charge in [0.05, 0.1) is 33.7 Å². The Bertz CT molecular complexity index is 1920. The van der Waals surface area contributed by atoms with Gasteiger partial charge in [-0.25, -0.2) is 0 Å². The predicted octanol–water partition coefficient (Wildman–Crippen LogP) is 9.66. The first-order valence-electron chi connectivity index (χ1n) is 17.8. The molecule has 0 unspecified atom stereocenters. The molecular weight excluding hydrogens is 729 g/mol. The van der Waals surface area contributed by atoms with Gasteiger partial charge in [-0.3, -0.25) is 0 Å². The van der Waals surface area contributed by atoms with Crippen molar-refractivity contribution >= 4 is 33.7 Å². The molecule has 8 aromatic carbocycles. The SMILES string of the molecule is O=C([O-])c1ccccc1.O=C([O-])c1ccccc1.c1ccc([S+](c2ccccc2)c2ccccc2)cc1.c1ccc([S+](c2ccccc2)c2ccccc2)cc1. The van der Waals surface area contributed by atoms with E-state index in [-0.39, 0.29) is 32.9 Å². The average Bonchev–Trinajstić information content (AvgIpc) is 3.27. The summed E-state index contributed by atoms with van der Waals surface area (Å²) in [5, 5.41) is 20.2. The Kier molecular flexibility index (Phi) is 16.4. The van der Waals surface area contributed by atoms with Crippen molar-refractivity contribution in [3.63, 3.8) is 0 Å². The summed E-state index contributed by atoms with van der Waals surface area (Å²) in [7, 11) is -0.0293. The minimum atomic E-state index is -1.13. The van der Waals surface area contributed by atoms with Gasteiger partial charge in [0.1, 0.15) is 0 Å². The quantitative estimate of drug-likeness (QED) is 0.144. The lowest BCUT2D eigenvalue weighted by Gasteiger charge is -2.07. The summed E-state index contributed by atoms with van der Waals surface area (Å²) in [5.41, 5.74) is 0.440. The number of rotatable bonds is 8. The number of hydrogen-bond acceptors (Lipinski definition) is 4. The highest BCUT2D eigenvalue weighted by atomic mass is 32.2. The monoisotopic (exact) mass is 768 g/mol. The fourth-order valence-electron chi connectivity index (χ4n) is 5.30. The van der Waals surface area contributed by atoms with Crippen LogP contribution in [-0.4, -0.2) is 11.9 Å². The molecule has 0 atom stereocenters. The molecule has 0 spiro atoms. The van der Waals surface area contributed by atoms with Crippen molar-refractivity contribution in [3.05, 3.63) is 254 Å². The van der Waals surface area contributed by atoms with Gasteiger partial charge >= 0.3 is 0 Å². The molecule has 0 heterocycles. The summed E-state index contributed by atoms with van der Waals surface area (Å²) in [6.07, 6.45) is 0. The molecule has 8 aromatic rings. The Morgan fingerprint density at radius 3 is 0.518 bits per heavy atom. The third-order valence-electron chi connectivity index (χ3n) is 7.89. The Hall–Kier alpha value is -6.60. The maximum atomic E-state index is 10.1. The summed E-state index contributed by atoms with van der Waals surface area (Å²) in [6.45, 7) is 0. The summed E-state index contributed by atoms with van der Waals surface area (Å²) < 4.78 is 0. The van der Waals surface area contributed by atoms with Gasteiger partial charge in [-0.15, -0.1) is 0 Å². The van der Waals surface area contributed by atoms with Crippen LogP contribution in [0.3, 0.4) is 0 Å². The Morgan fingerprint density at radius 1 is 0.250 bits per heavy atom. The van der Waals surface area contributed by atoms with E-state index in [0.717, 1.165) is 0 Å². The van der Waals surface area contributed by atoms with Crippen LogP contribution in [0, 0.1) is 0 Å². The molecule has 0 radical (unpaired) electrons. The standard InChI is InChI=1S/2C18H15S.2C7H6O2/c2*1-4-10-16(11-5-1)19(17-12-6-2-7-13-17)18-14-8-3-9-15-18;2*8-7(9)6-4-2-1-3-5-6/h2*1-15H;2*1-5H,(H,8,9)/q2*+1;;/p-2. The van der Waals surface area contributed by atoms with E-state index in [4.69, 9.17) is 0 Å². The maximum absolute atomic E-state index is 10.1. The highest BCUT2D eigenvalue weighted by Crippen LogP contribution is 2.31. The molecule has 56 heavy (non-hydrogen) atoms. The van der Waals surface area contributed by atoms with Gasteiger partial charge in [-0.2, -0.15) is 0 Å². The van der Waals surface area contributed by atoms with Gasteiger partial charge in [0, 0.05) is 0 Å². The molecular formula is C50H40O4S2. The highest BCUT2D eigenvalue weighted by molar-refractivity contribution is 7.97. The molecule has 0 saturated heterocycles. The van der Waals surface area contributed by atoms with E-state index >= 15 is 0 Å². The molecule has 0 amide bonds. The summed E-state index contributed by atoms with van der Waals surface area (Å²) >= 11 is 0. The van der Waals surface area contributed by atoms with Gasteiger partial charge in [-0.1, -0.05) is 170 Å². The first-order valence-corrected chi connectivity index (χ1v) is 20.3. The first kappa shape index (κ1) is 40.6. The van der Waals surface area contributed by atoms with Crippen molar-refractivity contribution < 1.29 is 19.8 Å². The lowest BCUT2D eigenvalue weighted by molar-refractivity contribution is -0.256. The zero-order chi connectivity index (χ0) is 39.2. The smallest absolute Gasteiger partial charge is 0.166 e. The van der Waals surface area contributed by atoms with Gasteiger partial charge in [-0.05, 0) is 83.9 Å². The van der Waals surface area contributed by atoms with Crippen molar-refractivity contribution in [1.29, 1.82) is 0 Å². The van der Waals surface area contributed by atoms with E-state index < -0.39 is 11.9 Å². The summed E-state index contributed by atoms with van der Waals surface area (Å²) in [6, 6.07) is 80.4. The van der Waals surface area contributed by atoms with Crippen LogP contribution >= 0.6 is 0 Å². The third kappa shape index (κ3) is 12.8. The molecule has 8 rings (SSSR count). The van der Waals surface area contributed by atoms with E-state index in [1.807, 2.05) is 0 Å². The normalized spacial score (nSPS) is 10.0. The number of carboxylic acid groups (broad SMARTS) is 2. The first-order chi connectivity index (χ1) is 27.5.